The van der Waals surface area contributed by atoms with E-state index in [2.05, 4.69) is 58.6 Å². The molecular weight excluding hydrogens is 330 g/mol. The molecule has 0 aliphatic rings. The SMILES string of the molecule is C[C@H](CCCCc1ccccn1)NCc1ccc2cnccc2c1.Cl. The van der Waals surface area contributed by atoms with Gasteiger partial charge in [-0.1, -0.05) is 24.6 Å². The normalized spacial score (nSPS) is 11.9. The summed E-state index contributed by atoms with van der Waals surface area (Å²) in [6.45, 7) is 3.19. The Morgan fingerprint density at radius 1 is 1.00 bits per heavy atom. The number of nitrogens with zero attached hydrogens (tertiary/aromatic N) is 2. The second kappa shape index (κ2) is 10.1. The largest absolute Gasteiger partial charge is 0.310 e. The quantitative estimate of drug-likeness (QED) is 0.581. The molecule has 0 aliphatic carbocycles. The molecule has 1 atom stereocenters. The van der Waals surface area contributed by atoms with Gasteiger partial charge in [0.15, 0.2) is 0 Å². The van der Waals surface area contributed by atoms with Gasteiger partial charge in [0, 0.05) is 42.3 Å². The topological polar surface area (TPSA) is 37.8 Å². The number of fused-ring (bicyclic) bond motifs is 1. The highest BCUT2D eigenvalue weighted by Crippen LogP contribution is 2.14. The number of aryl methyl sites for hydroxylation is 1. The summed E-state index contributed by atoms with van der Waals surface area (Å²) in [6, 6.07) is 15.3. The molecule has 0 fully saturated rings. The maximum absolute atomic E-state index is 4.38. The molecule has 0 spiro atoms. The Morgan fingerprint density at radius 2 is 1.92 bits per heavy atom. The van der Waals surface area contributed by atoms with E-state index in [-0.39, 0.29) is 12.4 Å². The third-order valence-electron chi connectivity index (χ3n) is 4.41. The molecule has 0 saturated heterocycles. The summed E-state index contributed by atoms with van der Waals surface area (Å²) >= 11 is 0. The molecule has 4 heteroatoms. The lowest BCUT2D eigenvalue weighted by molar-refractivity contribution is 0.488. The van der Waals surface area contributed by atoms with Gasteiger partial charge < -0.3 is 5.32 Å². The van der Waals surface area contributed by atoms with Crippen molar-refractivity contribution in [1.29, 1.82) is 0 Å². The van der Waals surface area contributed by atoms with E-state index in [1.165, 1.54) is 41.3 Å². The van der Waals surface area contributed by atoms with Gasteiger partial charge >= 0.3 is 0 Å². The third kappa shape index (κ3) is 6.11. The van der Waals surface area contributed by atoms with Crippen LogP contribution in [-0.4, -0.2) is 16.0 Å². The van der Waals surface area contributed by atoms with Gasteiger partial charge in [0.25, 0.3) is 0 Å². The van der Waals surface area contributed by atoms with Crippen LogP contribution in [-0.2, 0) is 13.0 Å². The summed E-state index contributed by atoms with van der Waals surface area (Å²) < 4.78 is 0. The van der Waals surface area contributed by atoms with Crippen molar-refractivity contribution in [3.8, 4) is 0 Å². The molecule has 1 aromatic carbocycles. The fourth-order valence-electron chi connectivity index (χ4n) is 2.94. The summed E-state index contributed by atoms with van der Waals surface area (Å²) in [5.74, 6) is 0. The van der Waals surface area contributed by atoms with E-state index in [1.54, 1.807) is 0 Å². The molecule has 2 heterocycles. The zero-order valence-electron chi connectivity index (χ0n) is 14.7. The van der Waals surface area contributed by atoms with E-state index >= 15 is 0 Å². The Bertz CT molecular complexity index is 761. The standard InChI is InChI=1S/C21H25N3.ClH/c1-17(6-2-3-7-21-8-4-5-12-23-21)24-15-18-9-10-20-16-22-13-11-19(20)14-18;/h4-5,8-14,16-17,24H,2-3,6-7,15H2,1H3;1H/t17-;/m1./s1. The number of hydrogen-bond donors (Lipinski definition) is 1. The third-order valence-corrected chi connectivity index (χ3v) is 4.41. The minimum atomic E-state index is 0. The number of rotatable bonds is 8. The molecule has 0 aliphatic heterocycles. The molecule has 0 radical (unpaired) electrons. The summed E-state index contributed by atoms with van der Waals surface area (Å²) in [5, 5.41) is 6.09. The van der Waals surface area contributed by atoms with Gasteiger partial charge in [0.1, 0.15) is 0 Å². The number of unbranched alkanes of at least 4 members (excludes halogenated alkanes) is 1. The molecule has 3 nitrogen and oxygen atoms in total. The number of nitrogens with one attached hydrogen (secondary N) is 1. The molecule has 3 rings (SSSR count). The fourth-order valence-corrected chi connectivity index (χ4v) is 2.94. The van der Waals surface area contributed by atoms with E-state index < -0.39 is 0 Å². The molecule has 2 aromatic heterocycles. The number of pyridine rings is 2. The second-order valence-corrected chi connectivity index (χ2v) is 6.41. The van der Waals surface area contributed by atoms with Crippen molar-refractivity contribution in [2.75, 3.05) is 0 Å². The van der Waals surface area contributed by atoms with Crippen molar-refractivity contribution in [2.24, 2.45) is 0 Å². The van der Waals surface area contributed by atoms with Crippen LogP contribution in [0.2, 0.25) is 0 Å². The van der Waals surface area contributed by atoms with Gasteiger partial charge in [0.2, 0.25) is 0 Å². The van der Waals surface area contributed by atoms with Gasteiger partial charge in [-0.05, 0) is 61.4 Å². The lowest BCUT2D eigenvalue weighted by Crippen LogP contribution is -2.25. The summed E-state index contributed by atoms with van der Waals surface area (Å²) in [4.78, 5) is 8.54. The molecule has 0 unspecified atom stereocenters. The van der Waals surface area contributed by atoms with Crippen LogP contribution in [0.1, 0.15) is 37.4 Å². The van der Waals surface area contributed by atoms with Crippen molar-refractivity contribution in [2.45, 2.75) is 45.2 Å². The predicted octanol–water partition coefficient (Wildman–Crippen LogP) is 4.94. The van der Waals surface area contributed by atoms with E-state index in [0.717, 1.165) is 13.0 Å². The minimum absolute atomic E-state index is 0. The maximum Gasteiger partial charge on any atom is 0.0403 e. The second-order valence-electron chi connectivity index (χ2n) is 6.41. The molecule has 0 saturated carbocycles. The first-order chi connectivity index (χ1) is 11.8. The van der Waals surface area contributed by atoms with Crippen molar-refractivity contribution >= 4 is 23.2 Å². The maximum atomic E-state index is 4.38. The van der Waals surface area contributed by atoms with Gasteiger partial charge in [-0.3, -0.25) is 9.97 Å². The molecule has 132 valence electrons. The van der Waals surface area contributed by atoms with Crippen LogP contribution in [0, 0.1) is 0 Å². The molecule has 25 heavy (non-hydrogen) atoms. The first-order valence-corrected chi connectivity index (χ1v) is 8.77. The summed E-state index contributed by atoms with van der Waals surface area (Å²) in [5.41, 5.74) is 2.53. The zero-order valence-corrected chi connectivity index (χ0v) is 15.5. The van der Waals surface area contributed by atoms with Gasteiger partial charge in [0.05, 0.1) is 0 Å². The number of halogens is 1. The Morgan fingerprint density at radius 3 is 2.76 bits per heavy atom. The lowest BCUT2D eigenvalue weighted by Gasteiger charge is -2.14. The average molecular weight is 356 g/mol. The number of aromatic nitrogens is 2. The van der Waals surface area contributed by atoms with Crippen molar-refractivity contribution < 1.29 is 0 Å². The van der Waals surface area contributed by atoms with Gasteiger partial charge in [-0.15, -0.1) is 12.4 Å². The summed E-state index contributed by atoms with van der Waals surface area (Å²) in [7, 11) is 0. The Hall–Kier alpha value is -1.97. The molecule has 0 bridgehead atoms. The first-order valence-electron chi connectivity index (χ1n) is 8.77. The summed E-state index contributed by atoms with van der Waals surface area (Å²) in [6.07, 6.45) is 10.3. The van der Waals surface area contributed by atoms with Crippen LogP contribution in [0.4, 0.5) is 0 Å². The smallest absolute Gasteiger partial charge is 0.0403 e. The molecule has 1 N–H and O–H groups in total. The minimum Gasteiger partial charge on any atom is -0.310 e. The van der Waals surface area contributed by atoms with Crippen molar-refractivity contribution in [3.63, 3.8) is 0 Å². The monoisotopic (exact) mass is 355 g/mol. The molecule has 3 aromatic rings. The predicted molar refractivity (Wildman–Crippen MR) is 107 cm³/mol. The van der Waals surface area contributed by atoms with Crippen LogP contribution in [0.5, 0.6) is 0 Å². The van der Waals surface area contributed by atoms with E-state index in [1.807, 2.05) is 24.7 Å². The van der Waals surface area contributed by atoms with Crippen LogP contribution >= 0.6 is 12.4 Å². The highest BCUT2D eigenvalue weighted by atomic mass is 35.5. The van der Waals surface area contributed by atoms with Crippen LogP contribution in [0.15, 0.2) is 61.1 Å². The van der Waals surface area contributed by atoms with Gasteiger partial charge in [-0.25, -0.2) is 0 Å². The Labute approximate surface area is 156 Å². The van der Waals surface area contributed by atoms with Crippen LogP contribution < -0.4 is 5.32 Å². The Balaban J connectivity index is 0.00000225. The van der Waals surface area contributed by atoms with E-state index in [0.29, 0.717) is 6.04 Å². The first kappa shape index (κ1) is 19.4. The van der Waals surface area contributed by atoms with Crippen LogP contribution in [0.25, 0.3) is 10.8 Å². The zero-order chi connectivity index (χ0) is 16.6. The van der Waals surface area contributed by atoms with Crippen molar-refractivity contribution in [3.05, 3.63) is 72.3 Å². The highest BCUT2D eigenvalue weighted by molar-refractivity contribution is 5.85. The molecular formula is C21H26ClN3. The van der Waals surface area contributed by atoms with Crippen molar-refractivity contribution in [1.82, 2.24) is 15.3 Å². The highest BCUT2D eigenvalue weighted by Gasteiger charge is 2.03. The number of hydrogen-bond acceptors (Lipinski definition) is 3. The van der Waals surface area contributed by atoms with Crippen LogP contribution in [0.3, 0.4) is 0 Å². The average Bonchev–Trinajstić information content (AvgIpc) is 2.64. The number of benzene rings is 1. The Kier molecular flexibility index (Phi) is 7.83. The van der Waals surface area contributed by atoms with Gasteiger partial charge in [-0.2, -0.15) is 0 Å². The molecule has 0 amide bonds. The lowest BCUT2D eigenvalue weighted by atomic mass is 10.1. The van der Waals surface area contributed by atoms with E-state index in [4.69, 9.17) is 0 Å². The van der Waals surface area contributed by atoms with E-state index in [9.17, 15) is 0 Å². The fraction of sp³-hybridized carbons (Fsp3) is 0.333.